The van der Waals surface area contributed by atoms with E-state index in [-0.39, 0.29) is 0 Å². The van der Waals surface area contributed by atoms with Gasteiger partial charge in [0.05, 0.1) is 13.2 Å². The summed E-state index contributed by atoms with van der Waals surface area (Å²) in [6.45, 7) is 9.58. The SMILES string of the molecule is COc1ccc(C(C)O)cc1CN1CCC(C)(C)C1. The van der Waals surface area contributed by atoms with Crippen molar-refractivity contribution in [2.24, 2.45) is 5.41 Å². The lowest BCUT2D eigenvalue weighted by molar-refractivity contribution is 0.198. The second-order valence-electron chi connectivity index (χ2n) is 6.37. The molecule has 1 aromatic rings. The molecule has 0 aromatic heterocycles. The molecule has 3 nitrogen and oxygen atoms in total. The minimum absolute atomic E-state index is 0.412. The summed E-state index contributed by atoms with van der Waals surface area (Å²) in [6, 6.07) is 5.95. The molecule has 1 N–H and O–H groups in total. The quantitative estimate of drug-likeness (QED) is 0.906. The highest BCUT2D eigenvalue weighted by Crippen LogP contribution is 2.32. The summed E-state index contributed by atoms with van der Waals surface area (Å²) in [4.78, 5) is 2.46. The third-order valence-corrected chi connectivity index (χ3v) is 3.94. The molecule has 3 heteroatoms. The predicted molar refractivity (Wildman–Crippen MR) is 77.3 cm³/mol. The number of aliphatic hydroxyl groups is 1. The van der Waals surface area contributed by atoms with Gasteiger partial charge in [-0.3, -0.25) is 4.90 Å². The second kappa shape index (κ2) is 5.51. The molecule has 106 valence electrons. The van der Waals surface area contributed by atoms with Crippen LogP contribution in [0, 0.1) is 5.41 Å². The van der Waals surface area contributed by atoms with E-state index in [1.165, 1.54) is 12.0 Å². The van der Waals surface area contributed by atoms with E-state index in [0.717, 1.165) is 30.9 Å². The van der Waals surface area contributed by atoms with Crippen LogP contribution < -0.4 is 4.74 Å². The van der Waals surface area contributed by atoms with Crippen molar-refractivity contribution in [1.29, 1.82) is 0 Å². The Morgan fingerprint density at radius 1 is 1.42 bits per heavy atom. The van der Waals surface area contributed by atoms with Gasteiger partial charge in [-0.25, -0.2) is 0 Å². The zero-order chi connectivity index (χ0) is 14.0. The first-order valence-corrected chi connectivity index (χ1v) is 6.98. The van der Waals surface area contributed by atoms with Crippen LogP contribution in [0.5, 0.6) is 5.75 Å². The Hall–Kier alpha value is -1.06. The van der Waals surface area contributed by atoms with Crippen molar-refractivity contribution in [3.05, 3.63) is 29.3 Å². The van der Waals surface area contributed by atoms with Crippen LogP contribution in [0.2, 0.25) is 0 Å². The van der Waals surface area contributed by atoms with Gasteiger partial charge in [-0.1, -0.05) is 19.9 Å². The summed E-state index contributed by atoms with van der Waals surface area (Å²) in [6.07, 6.45) is 0.811. The maximum atomic E-state index is 9.70. The summed E-state index contributed by atoms with van der Waals surface area (Å²) in [5.41, 5.74) is 2.53. The lowest BCUT2D eigenvalue weighted by atomic mass is 9.93. The van der Waals surface area contributed by atoms with Gasteiger partial charge >= 0.3 is 0 Å². The molecule has 1 saturated heterocycles. The Balaban J connectivity index is 2.16. The highest BCUT2D eigenvalue weighted by molar-refractivity contribution is 5.38. The molecule has 1 fully saturated rings. The van der Waals surface area contributed by atoms with Crippen molar-refractivity contribution in [3.8, 4) is 5.75 Å². The molecule has 2 rings (SSSR count). The first kappa shape index (κ1) is 14.4. The number of ether oxygens (including phenoxy) is 1. The fourth-order valence-electron chi connectivity index (χ4n) is 2.78. The van der Waals surface area contributed by atoms with Crippen LogP contribution in [0.4, 0.5) is 0 Å². The average molecular weight is 263 g/mol. The van der Waals surface area contributed by atoms with Crippen LogP contribution in [-0.2, 0) is 6.54 Å². The number of aliphatic hydroxyl groups excluding tert-OH is 1. The van der Waals surface area contributed by atoms with Crippen LogP contribution in [-0.4, -0.2) is 30.2 Å². The Morgan fingerprint density at radius 3 is 2.68 bits per heavy atom. The number of likely N-dealkylation sites (tertiary alicyclic amines) is 1. The van der Waals surface area contributed by atoms with Gasteiger partial charge in [0.25, 0.3) is 0 Å². The number of rotatable bonds is 4. The molecular formula is C16H25NO2. The number of hydrogen-bond donors (Lipinski definition) is 1. The summed E-state index contributed by atoms with van der Waals surface area (Å²) >= 11 is 0. The lowest BCUT2D eigenvalue weighted by Gasteiger charge is -2.21. The molecule has 0 spiro atoms. The zero-order valence-corrected chi connectivity index (χ0v) is 12.4. The second-order valence-corrected chi connectivity index (χ2v) is 6.37. The van der Waals surface area contributed by atoms with Gasteiger partial charge in [0.1, 0.15) is 5.75 Å². The van der Waals surface area contributed by atoms with Gasteiger partial charge in [0.15, 0.2) is 0 Å². The Morgan fingerprint density at radius 2 is 2.16 bits per heavy atom. The van der Waals surface area contributed by atoms with Crippen LogP contribution >= 0.6 is 0 Å². The minimum atomic E-state index is -0.431. The van der Waals surface area contributed by atoms with E-state index in [4.69, 9.17) is 4.74 Å². The molecule has 0 radical (unpaired) electrons. The first-order valence-electron chi connectivity index (χ1n) is 6.98. The lowest BCUT2D eigenvalue weighted by Crippen LogP contribution is -2.23. The summed E-state index contributed by atoms with van der Waals surface area (Å²) < 4.78 is 5.43. The number of nitrogens with zero attached hydrogens (tertiary/aromatic N) is 1. The van der Waals surface area contributed by atoms with E-state index in [2.05, 4.69) is 24.8 Å². The van der Waals surface area contributed by atoms with Gasteiger partial charge in [-0.15, -0.1) is 0 Å². The summed E-state index contributed by atoms with van der Waals surface area (Å²) in [5, 5.41) is 9.70. The van der Waals surface area contributed by atoms with Crippen LogP contribution in [0.25, 0.3) is 0 Å². The monoisotopic (exact) mass is 263 g/mol. The summed E-state index contributed by atoms with van der Waals surface area (Å²) in [5.74, 6) is 0.911. The van der Waals surface area contributed by atoms with Crippen molar-refractivity contribution in [1.82, 2.24) is 4.90 Å². The Labute approximate surface area is 116 Å². The van der Waals surface area contributed by atoms with Gasteiger partial charge < -0.3 is 9.84 Å². The van der Waals surface area contributed by atoms with Gasteiger partial charge in [-0.05, 0) is 43.0 Å². The molecule has 0 saturated carbocycles. The van der Waals surface area contributed by atoms with Gasteiger partial charge in [0, 0.05) is 18.7 Å². The first-order chi connectivity index (χ1) is 8.91. The van der Waals surface area contributed by atoms with E-state index in [1.807, 2.05) is 12.1 Å². The molecule has 0 aliphatic carbocycles. The highest BCUT2D eigenvalue weighted by Gasteiger charge is 2.29. The van der Waals surface area contributed by atoms with Crippen molar-refractivity contribution < 1.29 is 9.84 Å². The molecule has 1 heterocycles. The average Bonchev–Trinajstić information content (AvgIpc) is 2.68. The highest BCUT2D eigenvalue weighted by atomic mass is 16.5. The van der Waals surface area contributed by atoms with Gasteiger partial charge in [0.2, 0.25) is 0 Å². The Kier molecular flexibility index (Phi) is 4.16. The van der Waals surface area contributed by atoms with Crippen molar-refractivity contribution in [3.63, 3.8) is 0 Å². The largest absolute Gasteiger partial charge is 0.496 e. The standard InChI is InChI=1S/C16H25NO2/c1-12(18)13-5-6-15(19-4)14(9-13)10-17-8-7-16(2,3)11-17/h5-6,9,12,18H,7-8,10-11H2,1-4H3. The molecule has 0 amide bonds. The smallest absolute Gasteiger partial charge is 0.123 e. The molecule has 19 heavy (non-hydrogen) atoms. The van der Waals surface area contributed by atoms with Crippen molar-refractivity contribution >= 4 is 0 Å². The van der Waals surface area contributed by atoms with Crippen molar-refractivity contribution in [2.75, 3.05) is 20.2 Å². The molecule has 1 aromatic carbocycles. The number of hydrogen-bond acceptors (Lipinski definition) is 3. The molecule has 0 bridgehead atoms. The normalized spacial score (nSPS) is 20.5. The molecular weight excluding hydrogens is 238 g/mol. The predicted octanol–water partition coefficient (Wildman–Crippen LogP) is 2.98. The van der Waals surface area contributed by atoms with Crippen LogP contribution in [0.3, 0.4) is 0 Å². The Bertz CT molecular complexity index is 440. The summed E-state index contributed by atoms with van der Waals surface area (Å²) in [7, 11) is 1.70. The molecule has 1 aliphatic heterocycles. The third kappa shape index (κ3) is 3.48. The van der Waals surface area contributed by atoms with E-state index in [1.54, 1.807) is 14.0 Å². The van der Waals surface area contributed by atoms with E-state index < -0.39 is 6.10 Å². The number of methoxy groups -OCH3 is 1. The molecule has 1 aliphatic rings. The maximum Gasteiger partial charge on any atom is 0.123 e. The third-order valence-electron chi connectivity index (χ3n) is 3.94. The topological polar surface area (TPSA) is 32.7 Å². The zero-order valence-electron chi connectivity index (χ0n) is 12.4. The van der Waals surface area contributed by atoms with Crippen LogP contribution in [0.15, 0.2) is 18.2 Å². The van der Waals surface area contributed by atoms with E-state index >= 15 is 0 Å². The maximum absolute atomic E-state index is 9.70. The number of benzene rings is 1. The minimum Gasteiger partial charge on any atom is -0.496 e. The van der Waals surface area contributed by atoms with E-state index in [9.17, 15) is 5.11 Å². The van der Waals surface area contributed by atoms with Crippen LogP contribution in [0.1, 0.15) is 44.4 Å². The van der Waals surface area contributed by atoms with Crippen molar-refractivity contribution in [2.45, 2.75) is 39.8 Å². The molecule has 1 unspecified atom stereocenters. The van der Waals surface area contributed by atoms with E-state index in [0.29, 0.717) is 5.41 Å². The fourth-order valence-corrected chi connectivity index (χ4v) is 2.78. The molecule has 1 atom stereocenters. The fraction of sp³-hybridized carbons (Fsp3) is 0.625. The van der Waals surface area contributed by atoms with Gasteiger partial charge in [-0.2, -0.15) is 0 Å².